The van der Waals surface area contributed by atoms with E-state index in [1.54, 1.807) is 0 Å². The van der Waals surface area contributed by atoms with Crippen LogP contribution in [0.1, 0.15) is 2.85 Å². The molecule has 0 atom stereocenters. The van der Waals surface area contributed by atoms with E-state index in [0.29, 0.717) is 0 Å². The summed E-state index contributed by atoms with van der Waals surface area (Å²) in [6.07, 6.45) is -1.27. The van der Waals surface area contributed by atoms with Gasteiger partial charge in [-0.1, -0.05) is 0 Å². The molecule has 0 amide bonds. The first-order valence-electron chi connectivity index (χ1n) is 0.814. The molecule has 0 aliphatic carbocycles. The molecule has 0 radical (unpaired) electrons. The fourth-order valence-electron chi connectivity index (χ4n) is 0. The molecule has 0 saturated carbocycles. The van der Waals surface area contributed by atoms with Crippen LogP contribution in [0.25, 0.3) is 0 Å². The summed E-state index contributed by atoms with van der Waals surface area (Å²) in [5.74, 6) is 0. The maximum atomic E-state index is 9.13. The van der Waals surface area contributed by atoms with Crippen LogP contribution in [-0.2, 0) is 3.82 Å². The van der Waals surface area contributed by atoms with Crippen LogP contribution < -0.4 is 0 Å². The molecule has 0 aliphatic heterocycles. The van der Waals surface area contributed by atoms with Crippen molar-refractivity contribution in [3.05, 3.63) is 0 Å². The second kappa shape index (κ2) is 6.05. The Kier molecular flexibility index (Phi) is 10.2. The second-order valence-electron chi connectivity index (χ2n) is 0.357. The molecule has 6 heavy (non-hydrogen) atoms. The van der Waals surface area contributed by atoms with E-state index in [4.69, 9.17) is 9.90 Å². The third-order valence-corrected chi connectivity index (χ3v) is 0.406. The third-order valence-electron chi connectivity index (χ3n) is 0.0781. The summed E-state index contributed by atoms with van der Waals surface area (Å²) in [6.45, 7) is 0. The van der Waals surface area contributed by atoms with Crippen LogP contribution >= 0.6 is 0 Å². The van der Waals surface area contributed by atoms with Gasteiger partial charge in [-0.25, -0.2) is 0 Å². The summed E-state index contributed by atoms with van der Waals surface area (Å²) >= 11 is 1.47. The number of hydrogen-bond donors (Lipinski definition) is 1. The van der Waals surface area contributed by atoms with Gasteiger partial charge in [-0.2, -0.15) is 0 Å². The van der Waals surface area contributed by atoms with Gasteiger partial charge >= 0.3 is 74.0 Å². The molecule has 1 N–H and O–H groups in total. The molecule has 0 aromatic rings. The molecule has 0 spiro atoms. The van der Waals surface area contributed by atoms with Crippen LogP contribution in [0.15, 0.2) is 0 Å². The molecular weight excluding hydrogens is 179 g/mol. The van der Waals surface area contributed by atoms with Crippen molar-refractivity contribution < 1.29 is 16.6 Å². The second-order valence-corrected chi connectivity index (χ2v) is 0.740. The predicted molar refractivity (Wildman–Crippen MR) is 24.2 cm³/mol. The zero-order valence-corrected chi connectivity index (χ0v) is 7.00. The topological polar surface area (TPSA) is 46.5 Å². The van der Waals surface area contributed by atoms with Gasteiger partial charge in [0.25, 0.3) is 0 Å². The molecule has 0 aromatic heterocycles. The molecule has 0 rings (SSSR count). The minimum atomic E-state index is -1.27. The SMILES string of the molecule is O=C(O)O[SeH].[Ca+2].[H-].[H-]. The summed E-state index contributed by atoms with van der Waals surface area (Å²) in [6, 6.07) is 0. The van der Waals surface area contributed by atoms with Gasteiger partial charge in [0.2, 0.25) is 0 Å². The summed E-state index contributed by atoms with van der Waals surface area (Å²) in [7, 11) is 0. The Balaban J connectivity index is -0.0000000267. The Morgan fingerprint density at radius 2 is 2.17 bits per heavy atom. The van der Waals surface area contributed by atoms with E-state index in [1.165, 1.54) is 16.3 Å². The first-order chi connectivity index (χ1) is 2.27. The molecule has 0 heterocycles. The molecule has 0 unspecified atom stereocenters. The van der Waals surface area contributed by atoms with Crippen molar-refractivity contribution >= 4 is 60.2 Å². The molecule has 0 fully saturated rings. The molecule has 0 bridgehead atoms. The number of rotatable bonds is 0. The first-order valence-corrected chi connectivity index (χ1v) is 1.58. The van der Waals surface area contributed by atoms with Crippen molar-refractivity contribution in [2.24, 2.45) is 0 Å². The van der Waals surface area contributed by atoms with E-state index < -0.39 is 6.16 Å². The van der Waals surface area contributed by atoms with Crippen molar-refractivity contribution in [1.29, 1.82) is 0 Å². The van der Waals surface area contributed by atoms with Gasteiger partial charge in [-0.15, -0.1) is 0 Å². The zero-order chi connectivity index (χ0) is 4.28. The molecule has 5 heteroatoms. The van der Waals surface area contributed by atoms with E-state index in [1.807, 2.05) is 0 Å². The Bertz CT molecular complexity index is 52.5. The van der Waals surface area contributed by atoms with Gasteiger partial charge in [0.05, 0.1) is 0 Å². The first kappa shape index (κ1) is 10.1. The fourth-order valence-corrected chi connectivity index (χ4v) is 0. The number of hydrogen-bond acceptors (Lipinski definition) is 2. The van der Waals surface area contributed by atoms with Crippen LogP contribution in [0.2, 0.25) is 0 Å². The minimum Gasteiger partial charge on any atom is -1.00 e. The van der Waals surface area contributed by atoms with Gasteiger partial charge in [0.1, 0.15) is 0 Å². The normalized spacial score (nSPS) is 5.50. The minimum absolute atomic E-state index is 0. The number of carbonyl (C=O) groups is 1. The van der Waals surface area contributed by atoms with Crippen molar-refractivity contribution in [3.63, 3.8) is 0 Å². The van der Waals surface area contributed by atoms with Crippen molar-refractivity contribution in [3.8, 4) is 0 Å². The van der Waals surface area contributed by atoms with Crippen molar-refractivity contribution in [1.82, 2.24) is 0 Å². The zero-order valence-electron chi connectivity index (χ0n) is 4.92. The van der Waals surface area contributed by atoms with E-state index >= 15 is 0 Å². The van der Waals surface area contributed by atoms with Crippen LogP contribution in [0.3, 0.4) is 0 Å². The summed E-state index contributed by atoms with van der Waals surface area (Å²) in [5, 5.41) is 7.48. The Morgan fingerprint density at radius 1 is 2.00 bits per heavy atom. The van der Waals surface area contributed by atoms with Crippen LogP contribution in [-0.4, -0.2) is 65.3 Å². The Hall–Kier alpha value is 1.05. The molecule has 3 nitrogen and oxygen atoms in total. The number of carboxylic acid groups (broad SMARTS) is 1. The summed E-state index contributed by atoms with van der Waals surface area (Å²) in [4.78, 5) is 9.13. The molecule has 34 valence electrons. The van der Waals surface area contributed by atoms with E-state index in [9.17, 15) is 0 Å². The molecule has 0 saturated heterocycles. The van der Waals surface area contributed by atoms with Gasteiger partial charge in [0.15, 0.2) is 0 Å². The van der Waals surface area contributed by atoms with E-state index in [0.717, 1.165) is 0 Å². The smallest absolute Gasteiger partial charge is 1.00 e. The maximum absolute atomic E-state index is 9.13. The Labute approximate surface area is 76.2 Å². The van der Waals surface area contributed by atoms with Gasteiger partial charge in [0, 0.05) is 0 Å². The largest absolute Gasteiger partial charge is 2.00 e. The maximum Gasteiger partial charge on any atom is 2.00 e. The summed E-state index contributed by atoms with van der Waals surface area (Å²) in [5.41, 5.74) is 0. The third kappa shape index (κ3) is 8.90. The van der Waals surface area contributed by atoms with Crippen LogP contribution in [0.5, 0.6) is 0 Å². The standard InChI is InChI=1S/CH2O3Se.Ca.2H/c2-1(3)4-5;;;/h5H,(H,2,3);;;/q;+2;2*-1. The van der Waals surface area contributed by atoms with Gasteiger partial charge in [-0.05, 0) is 0 Å². The fraction of sp³-hybridized carbons (Fsp3) is 0. The Morgan fingerprint density at radius 3 is 2.17 bits per heavy atom. The van der Waals surface area contributed by atoms with Crippen LogP contribution in [0.4, 0.5) is 4.79 Å². The van der Waals surface area contributed by atoms with Crippen molar-refractivity contribution in [2.75, 3.05) is 0 Å². The van der Waals surface area contributed by atoms with Gasteiger partial charge < -0.3 is 2.85 Å². The van der Waals surface area contributed by atoms with Crippen LogP contribution in [0, 0.1) is 0 Å². The predicted octanol–water partition coefficient (Wildman–Crippen LogP) is -0.659. The average Bonchev–Trinajstić information content (AvgIpc) is 1.38. The van der Waals surface area contributed by atoms with E-state index in [-0.39, 0.29) is 40.6 Å². The molecule has 0 aliphatic rings. The quantitative estimate of drug-likeness (QED) is 0.507. The van der Waals surface area contributed by atoms with Gasteiger partial charge in [-0.3, -0.25) is 0 Å². The molecule has 0 aromatic carbocycles. The monoisotopic (exact) mass is 184 g/mol. The van der Waals surface area contributed by atoms with E-state index in [2.05, 4.69) is 3.82 Å². The molecular formula is CH4CaO3Se. The summed E-state index contributed by atoms with van der Waals surface area (Å²) < 4.78 is 3.60. The average molecular weight is 183 g/mol. The van der Waals surface area contributed by atoms with Crippen molar-refractivity contribution in [2.45, 2.75) is 0 Å².